The monoisotopic (exact) mass is 212 g/mol. The average Bonchev–Trinajstić information content (AvgIpc) is 2.99. The summed E-state index contributed by atoms with van der Waals surface area (Å²) >= 11 is 0. The van der Waals surface area contributed by atoms with E-state index in [0.717, 1.165) is 25.4 Å². The van der Waals surface area contributed by atoms with Crippen LogP contribution in [0, 0.1) is 5.92 Å². The second kappa shape index (κ2) is 6.83. The zero-order valence-corrected chi connectivity index (χ0v) is 10.1. The zero-order valence-electron chi connectivity index (χ0n) is 10.1. The highest BCUT2D eigenvalue weighted by atomic mass is 16.2. The molecule has 3 heteroatoms. The quantitative estimate of drug-likeness (QED) is 0.620. The summed E-state index contributed by atoms with van der Waals surface area (Å²) in [4.78, 5) is 12.9. The van der Waals surface area contributed by atoms with E-state index in [2.05, 4.69) is 5.32 Å². The summed E-state index contributed by atoms with van der Waals surface area (Å²) in [6, 6.07) is 0. The molecule has 0 heterocycles. The molecular formula is C12H24N2O. The number of amides is 1. The molecule has 1 N–H and O–H groups in total. The van der Waals surface area contributed by atoms with Crippen LogP contribution in [0.5, 0.6) is 0 Å². The van der Waals surface area contributed by atoms with Crippen LogP contribution in [0.15, 0.2) is 0 Å². The molecule has 3 nitrogen and oxygen atoms in total. The van der Waals surface area contributed by atoms with Crippen LogP contribution in [-0.4, -0.2) is 38.0 Å². The summed E-state index contributed by atoms with van der Waals surface area (Å²) in [6.45, 7) is 2.09. The third-order valence-electron chi connectivity index (χ3n) is 2.91. The van der Waals surface area contributed by atoms with Crippen LogP contribution in [-0.2, 0) is 4.79 Å². The summed E-state index contributed by atoms with van der Waals surface area (Å²) < 4.78 is 0. The number of nitrogens with one attached hydrogen (secondary N) is 1. The van der Waals surface area contributed by atoms with Gasteiger partial charge in [-0.1, -0.05) is 12.8 Å². The standard InChI is InChI=1S/C12H24N2O/c1-14(2)12(15)6-4-10-13-9-3-5-11-7-8-11/h11,13H,3-10H2,1-2H3. The molecule has 0 spiro atoms. The van der Waals surface area contributed by atoms with Gasteiger partial charge >= 0.3 is 0 Å². The second-order valence-corrected chi connectivity index (χ2v) is 4.73. The van der Waals surface area contributed by atoms with Gasteiger partial charge in [0.25, 0.3) is 0 Å². The SMILES string of the molecule is CN(C)C(=O)CCCNCCCC1CC1. The fourth-order valence-corrected chi connectivity index (χ4v) is 1.64. The van der Waals surface area contributed by atoms with Crippen LogP contribution in [0.3, 0.4) is 0 Å². The Labute approximate surface area is 93.2 Å². The van der Waals surface area contributed by atoms with Crippen LogP contribution < -0.4 is 5.32 Å². The highest BCUT2D eigenvalue weighted by Gasteiger charge is 2.19. The molecule has 0 atom stereocenters. The summed E-state index contributed by atoms with van der Waals surface area (Å²) in [5.41, 5.74) is 0. The highest BCUT2D eigenvalue weighted by Crippen LogP contribution is 2.33. The molecule has 0 aliphatic heterocycles. The topological polar surface area (TPSA) is 32.3 Å². The van der Waals surface area contributed by atoms with Crippen molar-refractivity contribution < 1.29 is 4.79 Å². The second-order valence-electron chi connectivity index (χ2n) is 4.73. The van der Waals surface area contributed by atoms with E-state index in [-0.39, 0.29) is 5.91 Å². The zero-order chi connectivity index (χ0) is 11.1. The lowest BCUT2D eigenvalue weighted by molar-refractivity contribution is -0.128. The smallest absolute Gasteiger partial charge is 0.222 e. The first kappa shape index (κ1) is 12.5. The van der Waals surface area contributed by atoms with Crippen molar-refractivity contribution in [1.29, 1.82) is 0 Å². The number of hydrogen-bond donors (Lipinski definition) is 1. The minimum atomic E-state index is 0.231. The van der Waals surface area contributed by atoms with Crippen molar-refractivity contribution in [3.05, 3.63) is 0 Å². The van der Waals surface area contributed by atoms with Crippen molar-refractivity contribution in [3.8, 4) is 0 Å². The Morgan fingerprint density at radius 3 is 2.53 bits per heavy atom. The van der Waals surface area contributed by atoms with Crippen LogP contribution in [0.2, 0.25) is 0 Å². The molecule has 1 amide bonds. The molecule has 0 aromatic rings. The molecule has 0 aromatic carbocycles. The maximum absolute atomic E-state index is 11.2. The molecule has 0 radical (unpaired) electrons. The first-order chi connectivity index (χ1) is 7.20. The van der Waals surface area contributed by atoms with Crippen LogP contribution in [0.25, 0.3) is 0 Å². The van der Waals surface area contributed by atoms with Crippen molar-refractivity contribution >= 4 is 5.91 Å². The Bertz CT molecular complexity index is 188. The van der Waals surface area contributed by atoms with Crippen LogP contribution in [0.4, 0.5) is 0 Å². The van der Waals surface area contributed by atoms with Crippen LogP contribution in [0.1, 0.15) is 38.5 Å². The van der Waals surface area contributed by atoms with Gasteiger partial charge in [-0.15, -0.1) is 0 Å². The maximum atomic E-state index is 11.2. The lowest BCUT2D eigenvalue weighted by Gasteiger charge is -2.10. The molecule has 0 bridgehead atoms. The van der Waals surface area contributed by atoms with E-state index in [9.17, 15) is 4.79 Å². The van der Waals surface area contributed by atoms with E-state index in [1.807, 2.05) is 14.1 Å². The average molecular weight is 212 g/mol. The first-order valence-corrected chi connectivity index (χ1v) is 6.11. The molecule has 0 saturated heterocycles. The first-order valence-electron chi connectivity index (χ1n) is 6.11. The fourth-order valence-electron chi connectivity index (χ4n) is 1.64. The summed E-state index contributed by atoms with van der Waals surface area (Å²) in [7, 11) is 3.62. The van der Waals surface area contributed by atoms with Gasteiger partial charge in [-0.3, -0.25) is 4.79 Å². The molecule has 0 unspecified atom stereocenters. The van der Waals surface area contributed by atoms with Gasteiger partial charge in [0, 0.05) is 20.5 Å². The van der Waals surface area contributed by atoms with Crippen molar-refractivity contribution in [2.24, 2.45) is 5.92 Å². The van der Waals surface area contributed by atoms with Gasteiger partial charge in [-0.05, 0) is 38.3 Å². The van der Waals surface area contributed by atoms with E-state index >= 15 is 0 Å². The van der Waals surface area contributed by atoms with Crippen molar-refractivity contribution in [2.45, 2.75) is 38.5 Å². The number of carbonyl (C=O) groups is 1. The minimum absolute atomic E-state index is 0.231. The third-order valence-corrected chi connectivity index (χ3v) is 2.91. The van der Waals surface area contributed by atoms with Gasteiger partial charge in [-0.2, -0.15) is 0 Å². The molecule has 1 fully saturated rings. The molecule has 88 valence electrons. The van der Waals surface area contributed by atoms with Gasteiger partial charge in [0.15, 0.2) is 0 Å². The number of nitrogens with zero attached hydrogens (tertiary/aromatic N) is 1. The number of carbonyl (C=O) groups excluding carboxylic acids is 1. The van der Waals surface area contributed by atoms with E-state index < -0.39 is 0 Å². The van der Waals surface area contributed by atoms with Crippen molar-refractivity contribution in [2.75, 3.05) is 27.2 Å². The van der Waals surface area contributed by atoms with E-state index in [0.29, 0.717) is 6.42 Å². The Balaban J connectivity index is 1.77. The van der Waals surface area contributed by atoms with Gasteiger partial charge in [0.05, 0.1) is 0 Å². The minimum Gasteiger partial charge on any atom is -0.349 e. The number of hydrogen-bond acceptors (Lipinski definition) is 2. The normalized spacial score (nSPS) is 15.3. The van der Waals surface area contributed by atoms with Gasteiger partial charge in [-0.25, -0.2) is 0 Å². The number of rotatable bonds is 8. The van der Waals surface area contributed by atoms with Gasteiger partial charge < -0.3 is 10.2 Å². The molecule has 0 aromatic heterocycles. The van der Waals surface area contributed by atoms with Crippen LogP contribution >= 0.6 is 0 Å². The summed E-state index contributed by atoms with van der Waals surface area (Å²) in [5, 5.41) is 3.39. The molecule has 1 saturated carbocycles. The Hall–Kier alpha value is -0.570. The Kier molecular flexibility index (Phi) is 5.69. The van der Waals surface area contributed by atoms with Gasteiger partial charge in [0.2, 0.25) is 5.91 Å². The summed E-state index contributed by atoms with van der Waals surface area (Å²) in [5.74, 6) is 1.27. The Morgan fingerprint density at radius 1 is 1.27 bits per heavy atom. The molecule has 1 aliphatic rings. The van der Waals surface area contributed by atoms with Gasteiger partial charge in [0.1, 0.15) is 0 Å². The lowest BCUT2D eigenvalue weighted by atomic mass is 10.2. The largest absolute Gasteiger partial charge is 0.349 e. The van der Waals surface area contributed by atoms with E-state index in [1.54, 1.807) is 4.90 Å². The third kappa shape index (κ3) is 6.50. The van der Waals surface area contributed by atoms with E-state index in [1.165, 1.54) is 25.7 Å². The van der Waals surface area contributed by atoms with Crippen molar-refractivity contribution in [3.63, 3.8) is 0 Å². The van der Waals surface area contributed by atoms with E-state index in [4.69, 9.17) is 0 Å². The lowest BCUT2D eigenvalue weighted by Crippen LogP contribution is -2.23. The highest BCUT2D eigenvalue weighted by molar-refractivity contribution is 5.75. The summed E-state index contributed by atoms with van der Waals surface area (Å²) in [6.07, 6.45) is 7.23. The predicted octanol–water partition coefficient (Wildman–Crippen LogP) is 1.63. The molecular weight excluding hydrogens is 188 g/mol. The Morgan fingerprint density at radius 2 is 1.93 bits per heavy atom. The molecule has 1 rings (SSSR count). The molecule has 15 heavy (non-hydrogen) atoms. The van der Waals surface area contributed by atoms with Crippen molar-refractivity contribution in [1.82, 2.24) is 10.2 Å². The fraction of sp³-hybridized carbons (Fsp3) is 0.917. The predicted molar refractivity (Wildman–Crippen MR) is 62.8 cm³/mol. The molecule has 1 aliphatic carbocycles. The maximum Gasteiger partial charge on any atom is 0.222 e.